The molecule has 106 valence electrons. The van der Waals surface area contributed by atoms with E-state index < -0.39 is 30.0 Å². The van der Waals surface area contributed by atoms with Crippen molar-refractivity contribution < 1.29 is 18.3 Å². The first-order valence-corrected chi connectivity index (χ1v) is 6.82. The number of hydrogen-bond acceptors (Lipinski definition) is 1. The predicted molar refractivity (Wildman–Crippen MR) is 74.1 cm³/mol. The van der Waals surface area contributed by atoms with Crippen molar-refractivity contribution >= 4 is 27.5 Å². The second-order valence-electron chi connectivity index (χ2n) is 4.21. The zero-order valence-electron chi connectivity index (χ0n) is 10.0. The third-order valence-corrected chi connectivity index (χ3v) is 3.70. The Balaban J connectivity index is 2.35. The summed E-state index contributed by atoms with van der Waals surface area (Å²) in [5, 5.41) is 10.2. The van der Waals surface area contributed by atoms with Gasteiger partial charge in [-0.3, -0.25) is 0 Å². The average molecular weight is 366 g/mol. The van der Waals surface area contributed by atoms with Gasteiger partial charge < -0.3 is 5.11 Å². The van der Waals surface area contributed by atoms with Gasteiger partial charge in [-0.25, -0.2) is 13.2 Å². The molecule has 0 saturated carbocycles. The Morgan fingerprint density at radius 3 is 2.45 bits per heavy atom. The molecule has 0 bridgehead atoms. The van der Waals surface area contributed by atoms with Crippen molar-refractivity contribution in [2.45, 2.75) is 12.5 Å². The maximum atomic E-state index is 13.8. The molecule has 0 aliphatic carbocycles. The highest BCUT2D eigenvalue weighted by Gasteiger charge is 2.20. The van der Waals surface area contributed by atoms with E-state index in [9.17, 15) is 18.3 Å². The largest absolute Gasteiger partial charge is 0.388 e. The first-order chi connectivity index (χ1) is 9.40. The highest BCUT2D eigenvalue weighted by molar-refractivity contribution is 9.10. The summed E-state index contributed by atoms with van der Waals surface area (Å²) >= 11 is 8.65. The summed E-state index contributed by atoms with van der Waals surface area (Å²) in [6.45, 7) is 0. The van der Waals surface area contributed by atoms with Gasteiger partial charge in [-0.1, -0.05) is 11.6 Å². The van der Waals surface area contributed by atoms with Crippen molar-refractivity contribution in [2.24, 2.45) is 0 Å². The number of benzene rings is 2. The van der Waals surface area contributed by atoms with Crippen molar-refractivity contribution in [3.8, 4) is 0 Å². The Morgan fingerprint density at radius 2 is 1.75 bits per heavy atom. The van der Waals surface area contributed by atoms with Crippen LogP contribution in [0.4, 0.5) is 13.2 Å². The van der Waals surface area contributed by atoms with Crippen LogP contribution in [0.2, 0.25) is 5.02 Å². The summed E-state index contributed by atoms with van der Waals surface area (Å²) in [6.07, 6.45) is -1.79. The third-order valence-electron chi connectivity index (χ3n) is 2.85. The zero-order valence-corrected chi connectivity index (χ0v) is 12.4. The van der Waals surface area contributed by atoms with E-state index in [-0.39, 0.29) is 20.6 Å². The summed E-state index contributed by atoms with van der Waals surface area (Å²) < 4.78 is 41.1. The van der Waals surface area contributed by atoms with E-state index in [1.165, 1.54) is 18.2 Å². The van der Waals surface area contributed by atoms with Crippen LogP contribution in [0.15, 0.2) is 34.8 Å². The molecule has 2 rings (SSSR count). The number of halogens is 5. The molecule has 2 aromatic rings. The fourth-order valence-corrected chi connectivity index (χ4v) is 2.38. The number of hydrogen-bond donors (Lipinski definition) is 1. The molecule has 6 heteroatoms. The maximum Gasteiger partial charge on any atom is 0.143 e. The fourth-order valence-electron chi connectivity index (χ4n) is 1.83. The Kier molecular flexibility index (Phi) is 4.73. The average Bonchev–Trinajstić information content (AvgIpc) is 2.41. The third kappa shape index (κ3) is 3.16. The minimum atomic E-state index is -1.40. The van der Waals surface area contributed by atoms with Crippen LogP contribution < -0.4 is 0 Å². The van der Waals surface area contributed by atoms with Crippen LogP contribution in [-0.4, -0.2) is 5.11 Å². The van der Waals surface area contributed by atoms with Crippen LogP contribution in [0.5, 0.6) is 0 Å². The van der Waals surface area contributed by atoms with Gasteiger partial charge >= 0.3 is 0 Å². The van der Waals surface area contributed by atoms with Crippen molar-refractivity contribution in [1.82, 2.24) is 0 Å². The molecule has 0 aromatic heterocycles. The lowest BCUT2D eigenvalue weighted by Crippen LogP contribution is -2.08. The lowest BCUT2D eigenvalue weighted by atomic mass is 10.00. The van der Waals surface area contributed by atoms with E-state index in [4.69, 9.17) is 11.6 Å². The molecule has 2 aromatic carbocycles. The molecule has 0 amide bonds. The smallest absolute Gasteiger partial charge is 0.143 e. The molecule has 1 N–H and O–H groups in total. The van der Waals surface area contributed by atoms with Crippen LogP contribution >= 0.6 is 27.5 Å². The van der Waals surface area contributed by atoms with E-state index in [0.717, 1.165) is 12.1 Å². The molecular weight excluding hydrogens is 357 g/mol. The Morgan fingerprint density at radius 1 is 1.10 bits per heavy atom. The topological polar surface area (TPSA) is 20.2 Å². The van der Waals surface area contributed by atoms with Gasteiger partial charge in [0.15, 0.2) is 0 Å². The Hall–Kier alpha value is -1.04. The van der Waals surface area contributed by atoms with E-state index in [0.29, 0.717) is 0 Å². The number of aliphatic hydroxyl groups excluding tert-OH is 1. The van der Waals surface area contributed by atoms with Crippen molar-refractivity contribution in [1.29, 1.82) is 0 Å². The minimum absolute atomic E-state index is 0.0765. The molecule has 0 heterocycles. The molecule has 0 spiro atoms. The van der Waals surface area contributed by atoms with Crippen molar-refractivity contribution in [3.63, 3.8) is 0 Å². The molecule has 0 aliphatic heterocycles. The quantitative estimate of drug-likeness (QED) is 0.775. The van der Waals surface area contributed by atoms with Gasteiger partial charge in [0.05, 0.1) is 10.6 Å². The zero-order chi connectivity index (χ0) is 14.9. The molecule has 0 saturated heterocycles. The van der Waals surface area contributed by atoms with Crippen molar-refractivity contribution in [3.05, 3.63) is 68.4 Å². The summed E-state index contributed by atoms with van der Waals surface area (Å²) in [5.74, 6) is -2.30. The molecule has 1 unspecified atom stereocenters. The van der Waals surface area contributed by atoms with Crippen molar-refractivity contribution in [2.75, 3.05) is 0 Å². The molecule has 20 heavy (non-hydrogen) atoms. The van der Waals surface area contributed by atoms with Crippen LogP contribution in [0, 0.1) is 17.5 Å². The van der Waals surface area contributed by atoms with Gasteiger partial charge in [0, 0.05) is 22.6 Å². The summed E-state index contributed by atoms with van der Waals surface area (Å²) in [6, 6.07) is 5.95. The number of aliphatic hydroxyl groups is 1. The fraction of sp³-hybridized carbons (Fsp3) is 0.143. The Bertz CT molecular complexity index is 649. The molecule has 0 radical (unpaired) electrons. The Labute approximate surface area is 127 Å². The SMILES string of the molecule is OC(Cc1c(F)ccc(Br)c1F)c1cc(Cl)ccc1F. The van der Waals surface area contributed by atoms with Gasteiger partial charge in [-0.2, -0.15) is 0 Å². The summed E-state index contributed by atoms with van der Waals surface area (Å²) in [4.78, 5) is 0. The van der Waals surface area contributed by atoms with E-state index in [1.807, 2.05) is 0 Å². The molecule has 0 fully saturated rings. The normalized spacial score (nSPS) is 12.5. The van der Waals surface area contributed by atoms with Crippen LogP contribution in [0.1, 0.15) is 17.2 Å². The van der Waals surface area contributed by atoms with Crippen LogP contribution in [-0.2, 0) is 6.42 Å². The lowest BCUT2D eigenvalue weighted by Gasteiger charge is -2.14. The molecule has 0 aliphatic rings. The monoisotopic (exact) mass is 364 g/mol. The first-order valence-electron chi connectivity index (χ1n) is 5.65. The van der Waals surface area contributed by atoms with Gasteiger partial charge in [0.2, 0.25) is 0 Å². The molecular formula is C14H9BrClF3O. The maximum absolute atomic E-state index is 13.8. The molecule has 1 atom stereocenters. The number of rotatable bonds is 3. The van der Waals surface area contributed by atoms with Gasteiger partial charge in [0.25, 0.3) is 0 Å². The van der Waals surface area contributed by atoms with Gasteiger partial charge in [-0.15, -0.1) is 0 Å². The first kappa shape index (κ1) is 15.4. The highest BCUT2D eigenvalue weighted by atomic mass is 79.9. The van der Waals surface area contributed by atoms with Gasteiger partial charge in [-0.05, 0) is 46.3 Å². The highest BCUT2D eigenvalue weighted by Crippen LogP contribution is 2.28. The minimum Gasteiger partial charge on any atom is -0.388 e. The molecule has 1 nitrogen and oxygen atoms in total. The van der Waals surface area contributed by atoms with E-state index in [2.05, 4.69) is 15.9 Å². The van der Waals surface area contributed by atoms with E-state index >= 15 is 0 Å². The standard InChI is InChI=1S/C14H9BrClF3O/c15-10-2-4-12(18)9(14(10)19)6-13(20)8-5-7(16)1-3-11(8)17/h1-5,13,20H,6H2. The second kappa shape index (κ2) is 6.16. The lowest BCUT2D eigenvalue weighted by molar-refractivity contribution is 0.171. The summed E-state index contributed by atoms with van der Waals surface area (Å²) in [5.41, 5.74) is -0.414. The second-order valence-corrected chi connectivity index (χ2v) is 5.50. The van der Waals surface area contributed by atoms with Gasteiger partial charge in [0.1, 0.15) is 17.5 Å². The predicted octanol–water partition coefficient (Wildman–Crippen LogP) is 4.80. The van der Waals surface area contributed by atoms with E-state index in [1.54, 1.807) is 0 Å². The summed E-state index contributed by atoms with van der Waals surface area (Å²) in [7, 11) is 0. The van der Waals surface area contributed by atoms with Crippen LogP contribution in [0.25, 0.3) is 0 Å². The van der Waals surface area contributed by atoms with Crippen LogP contribution in [0.3, 0.4) is 0 Å².